The van der Waals surface area contributed by atoms with Gasteiger partial charge in [0, 0.05) is 44.5 Å². The summed E-state index contributed by atoms with van der Waals surface area (Å²) in [6.07, 6.45) is -0.470. The molecule has 0 atom stereocenters. The summed E-state index contributed by atoms with van der Waals surface area (Å²) in [5.41, 5.74) is -0.104. The van der Waals surface area contributed by atoms with Crippen molar-refractivity contribution >= 4 is 22.4 Å². The van der Waals surface area contributed by atoms with Crippen molar-refractivity contribution in [3.05, 3.63) is 53.9 Å². The Balaban J connectivity index is 0.00000361. The molecule has 3 heterocycles. The zero-order chi connectivity index (χ0) is 25.1. The van der Waals surface area contributed by atoms with Crippen LogP contribution in [0.25, 0.3) is 0 Å². The summed E-state index contributed by atoms with van der Waals surface area (Å²) in [5.74, 6) is 0.515. The van der Waals surface area contributed by atoms with Crippen LogP contribution in [-0.4, -0.2) is 79.9 Å². The van der Waals surface area contributed by atoms with Crippen LogP contribution >= 0.6 is 12.4 Å². The second-order valence-electron chi connectivity index (χ2n) is 9.03. The van der Waals surface area contributed by atoms with Crippen molar-refractivity contribution in [1.29, 1.82) is 0 Å². The molecule has 0 unspecified atom stereocenters. The van der Waals surface area contributed by atoms with E-state index in [1.165, 1.54) is 19.4 Å². The number of sulfonamides is 1. The highest BCUT2D eigenvalue weighted by Crippen LogP contribution is 2.28. The topological polar surface area (TPSA) is 66.0 Å². The largest absolute Gasteiger partial charge is 0.497 e. The molecule has 2 aliphatic rings. The fourth-order valence-electron chi connectivity index (χ4n) is 4.82. The molecular formula is C24H32ClF3N4O3S. The third-order valence-electron chi connectivity index (χ3n) is 6.76. The molecule has 1 aromatic heterocycles. The summed E-state index contributed by atoms with van der Waals surface area (Å²) >= 11 is 0. The number of rotatable bonds is 6. The van der Waals surface area contributed by atoms with Gasteiger partial charge in [-0.2, -0.15) is 17.5 Å². The number of aromatic nitrogens is 1. The minimum absolute atomic E-state index is 0. The minimum atomic E-state index is -4.42. The fraction of sp³-hybridized carbons (Fsp3) is 0.542. The molecule has 12 heteroatoms. The van der Waals surface area contributed by atoms with E-state index in [0.29, 0.717) is 38.0 Å². The predicted octanol–water partition coefficient (Wildman–Crippen LogP) is 3.89. The summed E-state index contributed by atoms with van der Waals surface area (Å²) in [5, 5.41) is 0. The number of nitrogens with zero attached hydrogens (tertiary/aromatic N) is 4. The van der Waals surface area contributed by atoms with Crippen molar-refractivity contribution in [1.82, 2.24) is 19.1 Å². The van der Waals surface area contributed by atoms with Gasteiger partial charge in [-0.1, -0.05) is 12.1 Å². The highest BCUT2D eigenvalue weighted by Gasteiger charge is 2.33. The molecule has 2 saturated heterocycles. The van der Waals surface area contributed by atoms with Gasteiger partial charge in [-0.3, -0.25) is 14.8 Å². The average molecular weight is 549 g/mol. The van der Waals surface area contributed by atoms with E-state index in [1.54, 1.807) is 28.6 Å². The number of halogens is 4. The van der Waals surface area contributed by atoms with Gasteiger partial charge in [0.25, 0.3) is 0 Å². The summed E-state index contributed by atoms with van der Waals surface area (Å²) < 4.78 is 71.2. The fourth-order valence-corrected chi connectivity index (χ4v) is 6.32. The van der Waals surface area contributed by atoms with Crippen LogP contribution in [0.4, 0.5) is 13.2 Å². The zero-order valence-electron chi connectivity index (χ0n) is 20.2. The standard InChI is InChI=1S/C24H31F3N4O3S.ClH/c1-34-21-4-2-5-22(16-21)35(32,33)31-11-3-10-30(14-15-31)20-8-12-29(13-9-20)18-19-6-7-23(28-17-19)24(25,26)27;/h2,4-7,16-17,20H,3,8-15,18H2,1H3;1H. The van der Waals surface area contributed by atoms with E-state index in [9.17, 15) is 21.6 Å². The van der Waals surface area contributed by atoms with Crippen LogP contribution in [0.1, 0.15) is 30.5 Å². The third kappa shape index (κ3) is 6.89. The lowest BCUT2D eigenvalue weighted by Gasteiger charge is -2.38. The molecular weight excluding hydrogens is 517 g/mol. The summed E-state index contributed by atoms with van der Waals surface area (Å²) in [7, 11) is -2.07. The molecule has 7 nitrogen and oxygen atoms in total. The second-order valence-corrected chi connectivity index (χ2v) is 11.0. The van der Waals surface area contributed by atoms with E-state index in [-0.39, 0.29) is 17.3 Å². The third-order valence-corrected chi connectivity index (χ3v) is 8.66. The highest BCUT2D eigenvalue weighted by molar-refractivity contribution is 7.89. The number of alkyl halides is 3. The Morgan fingerprint density at radius 1 is 1.03 bits per heavy atom. The summed E-state index contributed by atoms with van der Waals surface area (Å²) in [4.78, 5) is 8.42. The van der Waals surface area contributed by atoms with Crippen molar-refractivity contribution in [2.75, 3.05) is 46.4 Å². The summed E-state index contributed by atoms with van der Waals surface area (Å²) in [6, 6.07) is 9.46. The maximum atomic E-state index is 13.2. The molecule has 36 heavy (non-hydrogen) atoms. The van der Waals surface area contributed by atoms with Gasteiger partial charge >= 0.3 is 6.18 Å². The van der Waals surface area contributed by atoms with E-state index < -0.39 is 21.9 Å². The van der Waals surface area contributed by atoms with Gasteiger partial charge < -0.3 is 4.74 Å². The lowest BCUT2D eigenvalue weighted by Crippen LogP contribution is -2.46. The van der Waals surface area contributed by atoms with Crippen molar-refractivity contribution in [2.24, 2.45) is 0 Å². The normalized spacial score (nSPS) is 19.4. The van der Waals surface area contributed by atoms with Crippen LogP contribution in [-0.2, 0) is 22.7 Å². The van der Waals surface area contributed by atoms with Gasteiger partial charge in [-0.05, 0) is 62.7 Å². The number of hydrogen-bond acceptors (Lipinski definition) is 6. The lowest BCUT2D eigenvalue weighted by molar-refractivity contribution is -0.141. The SMILES string of the molecule is COc1cccc(S(=O)(=O)N2CCCN(C3CCN(Cc4ccc(C(F)(F)F)nc4)CC3)CC2)c1.Cl. The first-order valence-electron chi connectivity index (χ1n) is 11.8. The molecule has 0 amide bonds. The van der Waals surface area contributed by atoms with Crippen LogP contribution in [0.3, 0.4) is 0 Å². The quantitative estimate of drug-likeness (QED) is 0.546. The molecule has 0 radical (unpaired) electrons. The minimum Gasteiger partial charge on any atom is -0.497 e. The Morgan fingerprint density at radius 3 is 2.42 bits per heavy atom. The molecule has 0 saturated carbocycles. The van der Waals surface area contributed by atoms with Crippen molar-refractivity contribution < 1.29 is 26.3 Å². The van der Waals surface area contributed by atoms with E-state index in [4.69, 9.17) is 4.74 Å². The van der Waals surface area contributed by atoms with Crippen molar-refractivity contribution in [3.63, 3.8) is 0 Å². The predicted molar refractivity (Wildman–Crippen MR) is 133 cm³/mol. The van der Waals surface area contributed by atoms with E-state index in [2.05, 4.69) is 14.8 Å². The zero-order valence-corrected chi connectivity index (χ0v) is 21.8. The highest BCUT2D eigenvalue weighted by atomic mass is 35.5. The van der Waals surface area contributed by atoms with E-state index >= 15 is 0 Å². The Bertz CT molecular complexity index is 1090. The molecule has 0 bridgehead atoms. The maximum absolute atomic E-state index is 13.2. The lowest BCUT2D eigenvalue weighted by atomic mass is 10.0. The molecule has 200 valence electrons. The number of pyridine rings is 1. The van der Waals surface area contributed by atoms with Gasteiger partial charge in [0.1, 0.15) is 11.4 Å². The van der Waals surface area contributed by atoms with Crippen LogP contribution in [0, 0.1) is 0 Å². The van der Waals surface area contributed by atoms with Crippen molar-refractivity contribution in [3.8, 4) is 5.75 Å². The Labute approximate surface area is 216 Å². The molecule has 2 fully saturated rings. The Kier molecular flexibility index (Phi) is 9.62. The molecule has 2 aromatic rings. The Hall–Kier alpha value is -1.92. The molecule has 0 N–H and O–H groups in total. The van der Waals surface area contributed by atoms with E-state index in [0.717, 1.165) is 50.5 Å². The monoisotopic (exact) mass is 548 g/mol. The second kappa shape index (κ2) is 12.1. The molecule has 0 aliphatic carbocycles. The molecule has 2 aliphatic heterocycles. The first-order chi connectivity index (χ1) is 16.7. The van der Waals surface area contributed by atoms with Crippen LogP contribution < -0.4 is 4.74 Å². The van der Waals surface area contributed by atoms with Crippen molar-refractivity contribution in [2.45, 2.75) is 42.9 Å². The number of hydrogen-bond donors (Lipinski definition) is 0. The number of methoxy groups -OCH3 is 1. The van der Waals surface area contributed by atoms with Crippen LogP contribution in [0.15, 0.2) is 47.5 Å². The van der Waals surface area contributed by atoms with Gasteiger partial charge in [0.15, 0.2) is 0 Å². The molecule has 0 spiro atoms. The maximum Gasteiger partial charge on any atom is 0.433 e. The molecule has 4 rings (SSSR count). The van der Waals surface area contributed by atoms with Crippen LogP contribution in [0.5, 0.6) is 5.75 Å². The first-order valence-corrected chi connectivity index (χ1v) is 13.2. The Morgan fingerprint density at radius 2 is 1.78 bits per heavy atom. The van der Waals surface area contributed by atoms with Gasteiger partial charge in [0.05, 0.1) is 12.0 Å². The van der Waals surface area contributed by atoms with Gasteiger partial charge in [-0.25, -0.2) is 8.42 Å². The number of piperidine rings is 1. The number of ether oxygens (including phenoxy) is 1. The van der Waals surface area contributed by atoms with Gasteiger partial charge in [0.2, 0.25) is 10.0 Å². The first kappa shape index (κ1) is 28.6. The molecule has 1 aromatic carbocycles. The summed E-state index contributed by atoms with van der Waals surface area (Å²) in [6.45, 7) is 4.70. The van der Waals surface area contributed by atoms with Crippen LogP contribution in [0.2, 0.25) is 0 Å². The van der Waals surface area contributed by atoms with Gasteiger partial charge in [-0.15, -0.1) is 12.4 Å². The number of likely N-dealkylation sites (tertiary alicyclic amines) is 1. The smallest absolute Gasteiger partial charge is 0.433 e. The average Bonchev–Trinajstić information content (AvgIpc) is 3.11. The number of benzene rings is 1. The van der Waals surface area contributed by atoms with E-state index in [1.807, 2.05) is 0 Å².